The Hall–Kier alpha value is -0.940. The number of halogens is 1. The lowest BCUT2D eigenvalue weighted by atomic mass is 10.3. The van der Waals surface area contributed by atoms with Gasteiger partial charge in [-0.2, -0.15) is 0 Å². The van der Waals surface area contributed by atoms with Gasteiger partial charge in [-0.25, -0.2) is 0 Å². The van der Waals surface area contributed by atoms with E-state index in [0.717, 1.165) is 4.47 Å². The molecule has 0 aliphatic carbocycles. The first-order valence-corrected chi connectivity index (χ1v) is 4.42. The number of methoxy groups -OCH3 is 1. The summed E-state index contributed by atoms with van der Waals surface area (Å²) in [6, 6.07) is 3.40. The lowest BCUT2D eigenvalue weighted by Crippen LogP contribution is -2.26. The molecule has 1 aromatic rings. The van der Waals surface area contributed by atoms with E-state index >= 15 is 0 Å². The van der Waals surface area contributed by atoms with Crippen LogP contribution in [0.3, 0.4) is 0 Å². The molecule has 0 saturated carbocycles. The fourth-order valence-electron chi connectivity index (χ4n) is 0.757. The number of hydrogen-bond acceptors (Lipinski definition) is 3. The van der Waals surface area contributed by atoms with Gasteiger partial charge in [0.1, 0.15) is 12.4 Å². The zero-order chi connectivity index (χ0) is 9.68. The molecule has 1 N–H and O–H groups in total. The number of aromatic nitrogens is 1. The van der Waals surface area contributed by atoms with Crippen LogP contribution in [0, 0.1) is 0 Å². The van der Waals surface area contributed by atoms with Crippen molar-refractivity contribution in [1.82, 2.24) is 10.3 Å². The Morgan fingerprint density at radius 2 is 2.54 bits per heavy atom. The van der Waals surface area contributed by atoms with Crippen LogP contribution in [0.5, 0.6) is 0 Å². The summed E-state index contributed by atoms with van der Waals surface area (Å²) >= 11 is 3.25. The highest BCUT2D eigenvalue weighted by Gasteiger charge is 2.05. The molecule has 4 nitrogen and oxygen atoms in total. The summed E-state index contributed by atoms with van der Waals surface area (Å²) < 4.78 is 5.52. The zero-order valence-electron chi connectivity index (χ0n) is 7.08. The van der Waals surface area contributed by atoms with Crippen LogP contribution in [-0.4, -0.2) is 24.7 Å². The summed E-state index contributed by atoms with van der Waals surface area (Å²) in [5.74, 6) is -0.247. The maximum Gasteiger partial charge on any atom is 0.271 e. The molecule has 70 valence electrons. The number of amides is 1. The quantitative estimate of drug-likeness (QED) is 0.813. The van der Waals surface area contributed by atoms with Crippen LogP contribution >= 0.6 is 15.9 Å². The van der Waals surface area contributed by atoms with Crippen LogP contribution in [0.2, 0.25) is 0 Å². The first-order chi connectivity index (χ1) is 6.24. The first kappa shape index (κ1) is 10.1. The maximum absolute atomic E-state index is 11.3. The molecule has 0 aliphatic rings. The van der Waals surface area contributed by atoms with Crippen molar-refractivity contribution in [1.29, 1.82) is 0 Å². The Labute approximate surface area is 84.4 Å². The van der Waals surface area contributed by atoms with E-state index in [4.69, 9.17) is 4.74 Å². The number of pyridine rings is 1. The lowest BCUT2D eigenvalue weighted by molar-refractivity contribution is 0.0867. The van der Waals surface area contributed by atoms with Crippen molar-refractivity contribution in [2.45, 2.75) is 0 Å². The van der Waals surface area contributed by atoms with E-state index in [-0.39, 0.29) is 12.6 Å². The van der Waals surface area contributed by atoms with Gasteiger partial charge in [0.2, 0.25) is 0 Å². The molecule has 1 rings (SSSR count). The van der Waals surface area contributed by atoms with Crippen LogP contribution in [0.15, 0.2) is 22.8 Å². The number of nitrogens with one attached hydrogen (secondary N) is 1. The number of nitrogens with zero attached hydrogens (tertiary/aromatic N) is 1. The largest absolute Gasteiger partial charge is 0.364 e. The van der Waals surface area contributed by atoms with Gasteiger partial charge in [-0.1, -0.05) is 15.9 Å². The van der Waals surface area contributed by atoms with Gasteiger partial charge in [0.15, 0.2) is 0 Å². The average Bonchev–Trinajstić information content (AvgIpc) is 2.14. The molecule has 13 heavy (non-hydrogen) atoms. The summed E-state index contributed by atoms with van der Waals surface area (Å²) in [5.41, 5.74) is 0.367. The average molecular weight is 245 g/mol. The number of hydrogen-bond donors (Lipinski definition) is 1. The van der Waals surface area contributed by atoms with Gasteiger partial charge >= 0.3 is 0 Å². The molecule has 0 spiro atoms. The third-order valence-electron chi connectivity index (χ3n) is 1.33. The molecule has 0 aliphatic heterocycles. The fourth-order valence-corrected chi connectivity index (χ4v) is 1.09. The standard InChI is InChI=1S/C8H9BrN2O2/c1-13-5-11-8(12)7-4-6(9)2-3-10-7/h2-4H,5H2,1H3,(H,11,12). The number of carbonyl (C=O) groups excluding carboxylic acids is 1. The monoisotopic (exact) mass is 244 g/mol. The van der Waals surface area contributed by atoms with Gasteiger partial charge in [-0.3, -0.25) is 9.78 Å². The Kier molecular flexibility index (Phi) is 3.85. The maximum atomic E-state index is 11.3. The molecular formula is C8H9BrN2O2. The Balaban J connectivity index is 2.66. The van der Waals surface area contributed by atoms with E-state index in [0.29, 0.717) is 5.69 Å². The molecule has 0 atom stereocenters. The van der Waals surface area contributed by atoms with Crippen molar-refractivity contribution < 1.29 is 9.53 Å². The van der Waals surface area contributed by atoms with Crippen LogP contribution in [-0.2, 0) is 4.74 Å². The molecule has 0 saturated heterocycles. The second kappa shape index (κ2) is 4.94. The van der Waals surface area contributed by atoms with Crippen molar-refractivity contribution in [2.75, 3.05) is 13.8 Å². The summed E-state index contributed by atoms with van der Waals surface area (Å²) in [5, 5.41) is 2.53. The molecule has 1 amide bonds. The molecule has 0 bridgehead atoms. The molecule has 0 radical (unpaired) electrons. The van der Waals surface area contributed by atoms with E-state index in [1.807, 2.05) is 0 Å². The Morgan fingerprint density at radius 3 is 3.15 bits per heavy atom. The van der Waals surface area contributed by atoms with E-state index in [1.165, 1.54) is 7.11 Å². The Bertz CT molecular complexity index is 304. The Morgan fingerprint density at radius 1 is 1.77 bits per heavy atom. The molecular weight excluding hydrogens is 236 g/mol. The predicted molar refractivity (Wildman–Crippen MR) is 51.3 cm³/mol. The highest BCUT2D eigenvalue weighted by Crippen LogP contribution is 2.08. The van der Waals surface area contributed by atoms with Gasteiger partial charge in [-0.15, -0.1) is 0 Å². The second-order valence-electron chi connectivity index (χ2n) is 2.30. The van der Waals surface area contributed by atoms with Crippen molar-refractivity contribution in [2.24, 2.45) is 0 Å². The minimum absolute atomic E-state index is 0.188. The number of rotatable bonds is 3. The molecule has 1 aromatic heterocycles. The van der Waals surface area contributed by atoms with Crippen molar-refractivity contribution in [3.63, 3.8) is 0 Å². The highest BCUT2D eigenvalue weighted by atomic mass is 79.9. The minimum Gasteiger partial charge on any atom is -0.364 e. The summed E-state index contributed by atoms with van der Waals surface area (Å²) in [6.45, 7) is 0.188. The third-order valence-corrected chi connectivity index (χ3v) is 1.82. The van der Waals surface area contributed by atoms with Gasteiger partial charge in [0.25, 0.3) is 5.91 Å². The smallest absolute Gasteiger partial charge is 0.271 e. The van der Waals surface area contributed by atoms with Crippen LogP contribution in [0.25, 0.3) is 0 Å². The van der Waals surface area contributed by atoms with Crippen LogP contribution < -0.4 is 5.32 Å². The van der Waals surface area contributed by atoms with E-state index in [1.54, 1.807) is 18.3 Å². The van der Waals surface area contributed by atoms with Gasteiger partial charge < -0.3 is 10.1 Å². The normalized spacial score (nSPS) is 9.69. The molecule has 1 heterocycles. The molecule has 0 aromatic carbocycles. The minimum atomic E-state index is -0.247. The molecule has 0 fully saturated rings. The summed E-state index contributed by atoms with van der Waals surface area (Å²) in [7, 11) is 1.51. The summed E-state index contributed by atoms with van der Waals surface area (Å²) in [4.78, 5) is 15.2. The van der Waals surface area contributed by atoms with Crippen LogP contribution in [0.1, 0.15) is 10.5 Å². The molecule has 0 unspecified atom stereocenters. The number of carbonyl (C=O) groups is 1. The lowest BCUT2D eigenvalue weighted by Gasteiger charge is -2.02. The SMILES string of the molecule is COCNC(=O)c1cc(Br)ccn1. The second-order valence-corrected chi connectivity index (χ2v) is 3.21. The zero-order valence-corrected chi connectivity index (χ0v) is 8.67. The third kappa shape index (κ3) is 3.12. The molecule has 5 heteroatoms. The van der Waals surface area contributed by atoms with Crippen molar-refractivity contribution in [3.05, 3.63) is 28.5 Å². The van der Waals surface area contributed by atoms with Gasteiger partial charge in [-0.05, 0) is 12.1 Å². The predicted octanol–water partition coefficient (Wildman–Crippen LogP) is 1.18. The van der Waals surface area contributed by atoms with Gasteiger partial charge in [0, 0.05) is 17.8 Å². The van der Waals surface area contributed by atoms with Crippen molar-refractivity contribution in [3.8, 4) is 0 Å². The van der Waals surface area contributed by atoms with E-state index < -0.39 is 0 Å². The van der Waals surface area contributed by atoms with E-state index in [2.05, 4.69) is 26.2 Å². The van der Waals surface area contributed by atoms with Gasteiger partial charge in [0.05, 0.1) is 0 Å². The van der Waals surface area contributed by atoms with E-state index in [9.17, 15) is 4.79 Å². The number of ether oxygens (including phenoxy) is 1. The van der Waals surface area contributed by atoms with Crippen molar-refractivity contribution >= 4 is 21.8 Å². The fraction of sp³-hybridized carbons (Fsp3) is 0.250. The van der Waals surface area contributed by atoms with Crippen LogP contribution in [0.4, 0.5) is 0 Å². The topological polar surface area (TPSA) is 51.2 Å². The summed E-state index contributed by atoms with van der Waals surface area (Å²) in [6.07, 6.45) is 1.56. The first-order valence-electron chi connectivity index (χ1n) is 3.62. The highest BCUT2D eigenvalue weighted by molar-refractivity contribution is 9.10.